The van der Waals surface area contributed by atoms with Gasteiger partial charge in [0.05, 0.1) is 0 Å². The summed E-state index contributed by atoms with van der Waals surface area (Å²) in [4.78, 5) is 28.5. The Morgan fingerprint density at radius 1 is 0.885 bits per heavy atom. The van der Waals surface area contributed by atoms with Crippen LogP contribution in [-0.4, -0.2) is 42.8 Å². The average molecular weight is 419 g/mol. The van der Waals surface area contributed by atoms with Gasteiger partial charge in [0.25, 0.3) is 0 Å². The second-order valence-corrected chi connectivity index (χ2v) is 7.19. The van der Waals surface area contributed by atoms with E-state index in [4.69, 9.17) is 0 Å². The van der Waals surface area contributed by atoms with Crippen molar-refractivity contribution >= 4 is 33.3 Å². The van der Waals surface area contributed by atoms with Gasteiger partial charge in [0.1, 0.15) is 5.82 Å². The fraction of sp³-hybridized carbons (Fsp3) is 0.300. The Labute approximate surface area is 160 Å². The van der Waals surface area contributed by atoms with Gasteiger partial charge in [-0.05, 0) is 36.4 Å². The molecule has 26 heavy (non-hydrogen) atoms. The van der Waals surface area contributed by atoms with Crippen LogP contribution in [0.4, 0.5) is 10.1 Å². The van der Waals surface area contributed by atoms with Crippen molar-refractivity contribution < 1.29 is 14.0 Å². The Kier molecular flexibility index (Phi) is 6.04. The van der Waals surface area contributed by atoms with Crippen LogP contribution in [-0.2, 0) is 4.79 Å². The van der Waals surface area contributed by atoms with E-state index in [2.05, 4.69) is 20.8 Å². The zero-order chi connectivity index (χ0) is 18.5. The first-order valence-corrected chi connectivity index (χ1v) is 9.39. The lowest BCUT2D eigenvalue weighted by Gasteiger charge is -2.36. The minimum Gasteiger partial charge on any atom is -0.368 e. The lowest BCUT2D eigenvalue weighted by Crippen LogP contribution is -2.48. The minimum atomic E-state index is -0.252. The number of benzene rings is 2. The van der Waals surface area contributed by atoms with Gasteiger partial charge in [-0.1, -0.05) is 28.1 Å². The molecule has 0 radical (unpaired) electrons. The Morgan fingerprint density at radius 3 is 2.12 bits per heavy atom. The summed E-state index contributed by atoms with van der Waals surface area (Å²) >= 11 is 3.34. The van der Waals surface area contributed by atoms with Gasteiger partial charge in [0.15, 0.2) is 5.78 Å². The van der Waals surface area contributed by atoms with Gasteiger partial charge in [-0.15, -0.1) is 0 Å². The normalized spacial score (nSPS) is 14.4. The van der Waals surface area contributed by atoms with Crippen LogP contribution in [0, 0.1) is 5.82 Å². The molecule has 2 aromatic rings. The quantitative estimate of drug-likeness (QED) is 0.691. The smallest absolute Gasteiger partial charge is 0.223 e. The number of piperazine rings is 1. The topological polar surface area (TPSA) is 40.6 Å². The van der Waals surface area contributed by atoms with Crippen molar-refractivity contribution in [2.45, 2.75) is 12.8 Å². The summed E-state index contributed by atoms with van der Waals surface area (Å²) < 4.78 is 13.9. The molecule has 1 saturated heterocycles. The van der Waals surface area contributed by atoms with Crippen LogP contribution in [0.15, 0.2) is 53.0 Å². The second-order valence-electron chi connectivity index (χ2n) is 6.27. The van der Waals surface area contributed by atoms with Gasteiger partial charge in [-0.25, -0.2) is 4.39 Å². The molecule has 0 aliphatic carbocycles. The van der Waals surface area contributed by atoms with Crippen molar-refractivity contribution in [3.05, 3.63) is 64.4 Å². The number of rotatable bonds is 5. The van der Waals surface area contributed by atoms with E-state index in [1.165, 1.54) is 12.1 Å². The highest BCUT2D eigenvalue weighted by Crippen LogP contribution is 2.18. The van der Waals surface area contributed by atoms with E-state index >= 15 is 0 Å². The van der Waals surface area contributed by atoms with Crippen LogP contribution in [0.2, 0.25) is 0 Å². The fourth-order valence-electron chi connectivity index (χ4n) is 3.02. The predicted octanol–water partition coefficient (Wildman–Crippen LogP) is 3.90. The highest BCUT2D eigenvalue weighted by atomic mass is 79.9. The van der Waals surface area contributed by atoms with E-state index in [-0.39, 0.29) is 30.3 Å². The third-order valence-electron chi connectivity index (χ3n) is 4.56. The van der Waals surface area contributed by atoms with Crippen molar-refractivity contribution in [2.24, 2.45) is 0 Å². The summed E-state index contributed by atoms with van der Waals surface area (Å²) in [6.45, 7) is 2.64. The zero-order valence-corrected chi connectivity index (χ0v) is 15.9. The third kappa shape index (κ3) is 4.69. The molecule has 3 rings (SSSR count). The number of anilines is 1. The summed E-state index contributed by atoms with van der Waals surface area (Å²) in [5.41, 5.74) is 1.59. The van der Waals surface area contributed by atoms with Gasteiger partial charge >= 0.3 is 0 Å². The van der Waals surface area contributed by atoms with Crippen LogP contribution >= 0.6 is 15.9 Å². The number of carbonyl (C=O) groups excluding carboxylic acids is 2. The fourth-order valence-corrected chi connectivity index (χ4v) is 3.29. The molecule has 6 heteroatoms. The predicted molar refractivity (Wildman–Crippen MR) is 103 cm³/mol. The Bertz CT molecular complexity index is 769. The molecule has 1 heterocycles. The summed E-state index contributed by atoms with van der Waals surface area (Å²) in [5.74, 6) is -0.261. The average Bonchev–Trinajstić information content (AvgIpc) is 2.67. The lowest BCUT2D eigenvalue weighted by atomic mass is 10.1. The molecular weight excluding hydrogens is 399 g/mol. The van der Waals surface area contributed by atoms with Crippen molar-refractivity contribution in [1.29, 1.82) is 0 Å². The SMILES string of the molecule is O=C(CCC(=O)N1CCN(c2ccc(F)cc2)CC1)c1ccc(Br)cc1. The molecule has 0 aromatic heterocycles. The molecule has 0 unspecified atom stereocenters. The summed E-state index contributed by atoms with van der Waals surface area (Å²) in [7, 11) is 0. The number of Topliss-reactive ketones (excluding diaryl/α,β-unsaturated/α-hetero) is 1. The first-order valence-electron chi connectivity index (χ1n) is 8.60. The number of ketones is 1. The maximum absolute atomic E-state index is 13.0. The van der Waals surface area contributed by atoms with Gasteiger partial charge in [0.2, 0.25) is 5.91 Å². The zero-order valence-electron chi connectivity index (χ0n) is 14.3. The molecule has 1 fully saturated rings. The van der Waals surface area contributed by atoms with Crippen molar-refractivity contribution in [2.75, 3.05) is 31.1 Å². The molecule has 136 valence electrons. The van der Waals surface area contributed by atoms with Crippen LogP contribution in [0.1, 0.15) is 23.2 Å². The van der Waals surface area contributed by atoms with Gasteiger partial charge in [-0.2, -0.15) is 0 Å². The first kappa shape index (κ1) is 18.6. The lowest BCUT2D eigenvalue weighted by molar-refractivity contribution is -0.131. The number of carbonyl (C=O) groups is 2. The van der Waals surface area contributed by atoms with Gasteiger partial charge < -0.3 is 9.80 Å². The summed E-state index contributed by atoms with van der Waals surface area (Å²) in [6, 6.07) is 13.6. The Morgan fingerprint density at radius 2 is 1.50 bits per heavy atom. The maximum atomic E-state index is 13.0. The highest BCUT2D eigenvalue weighted by Gasteiger charge is 2.22. The largest absolute Gasteiger partial charge is 0.368 e. The molecule has 4 nitrogen and oxygen atoms in total. The van der Waals surface area contributed by atoms with E-state index < -0.39 is 0 Å². The molecule has 0 saturated carbocycles. The van der Waals surface area contributed by atoms with Crippen molar-refractivity contribution in [3.63, 3.8) is 0 Å². The molecule has 0 spiro atoms. The number of amides is 1. The number of nitrogens with zero attached hydrogens (tertiary/aromatic N) is 2. The highest BCUT2D eigenvalue weighted by molar-refractivity contribution is 9.10. The van der Waals surface area contributed by atoms with E-state index in [1.807, 2.05) is 12.1 Å². The molecule has 1 aliphatic heterocycles. The molecule has 0 bridgehead atoms. The van der Waals surface area contributed by atoms with E-state index in [1.54, 1.807) is 29.2 Å². The van der Waals surface area contributed by atoms with E-state index in [9.17, 15) is 14.0 Å². The number of hydrogen-bond acceptors (Lipinski definition) is 3. The number of hydrogen-bond donors (Lipinski definition) is 0. The third-order valence-corrected chi connectivity index (χ3v) is 5.08. The monoisotopic (exact) mass is 418 g/mol. The van der Waals surface area contributed by atoms with Gasteiger partial charge in [-0.3, -0.25) is 9.59 Å². The summed E-state index contributed by atoms with van der Waals surface area (Å²) in [5, 5.41) is 0. The molecule has 0 N–H and O–H groups in total. The summed E-state index contributed by atoms with van der Waals surface area (Å²) in [6.07, 6.45) is 0.448. The Balaban J connectivity index is 1.47. The molecule has 2 aromatic carbocycles. The van der Waals surface area contributed by atoms with Crippen LogP contribution in [0.5, 0.6) is 0 Å². The van der Waals surface area contributed by atoms with Crippen molar-refractivity contribution in [1.82, 2.24) is 4.90 Å². The van der Waals surface area contributed by atoms with Crippen molar-refractivity contribution in [3.8, 4) is 0 Å². The van der Waals surface area contributed by atoms with E-state index in [0.717, 1.165) is 10.2 Å². The van der Waals surface area contributed by atoms with Gasteiger partial charge in [0, 0.05) is 54.7 Å². The van der Waals surface area contributed by atoms with Crippen LogP contribution < -0.4 is 4.90 Å². The molecule has 1 aliphatic rings. The molecule has 1 amide bonds. The molecular formula is C20H20BrFN2O2. The standard InChI is InChI=1S/C20H20BrFN2O2/c21-16-3-1-15(2-4-16)19(25)9-10-20(26)24-13-11-23(12-14-24)18-7-5-17(22)6-8-18/h1-8H,9-14H2. The first-order chi connectivity index (χ1) is 12.5. The van der Waals surface area contributed by atoms with E-state index in [0.29, 0.717) is 31.7 Å². The second kappa shape index (κ2) is 8.45. The molecule has 0 atom stereocenters. The maximum Gasteiger partial charge on any atom is 0.223 e. The number of halogens is 2. The van der Waals surface area contributed by atoms with Crippen LogP contribution in [0.3, 0.4) is 0 Å². The minimum absolute atomic E-state index is 0.00854. The Hall–Kier alpha value is -2.21. The van der Waals surface area contributed by atoms with Crippen LogP contribution in [0.25, 0.3) is 0 Å².